The fourth-order valence-electron chi connectivity index (χ4n) is 3.47. The summed E-state index contributed by atoms with van der Waals surface area (Å²) in [6.45, 7) is 3.03. The van der Waals surface area contributed by atoms with Gasteiger partial charge in [0.2, 0.25) is 0 Å². The summed E-state index contributed by atoms with van der Waals surface area (Å²) in [5.41, 5.74) is -0.519. The van der Waals surface area contributed by atoms with Crippen molar-refractivity contribution in [1.82, 2.24) is 4.90 Å². The number of hydrogen-bond donors (Lipinski definition) is 1. The number of aliphatic hydroxyl groups is 1. The molecule has 2 atom stereocenters. The lowest BCUT2D eigenvalue weighted by atomic mass is 9.84. The first-order valence-electron chi connectivity index (χ1n) is 7.73. The van der Waals surface area contributed by atoms with Gasteiger partial charge in [-0.15, -0.1) is 0 Å². The van der Waals surface area contributed by atoms with Crippen LogP contribution in [-0.4, -0.2) is 74.9 Å². The standard InChI is InChI=1S/C15H29NO4/c1-16-13-3-4-14(16)12-15(17,11-13)5-6-19-9-10-20-8-7-18-2/h13-14,17H,3-12H2,1-2H3. The molecule has 2 aliphatic heterocycles. The van der Waals surface area contributed by atoms with Crippen LogP contribution in [0, 0.1) is 0 Å². The number of fused-ring (bicyclic) bond motifs is 2. The summed E-state index contributed by atoms with van der Waals surface area (Å²) in [7, 11) is 3.85. The summed E-state index contributed by atoms with van der Waals surface area (Å²) >= 11 is 0. The molecule has 0 aliphatic carbocycles. The third kappa shape index (κ3) is 4.40. The second-order valence-corrected chi connectivity index (χ2v) is 6.15. The Hall–Kier alpha value is -0.200. The monoisotopic (exact) mass is 287 g/mol. The zero-order valence-corrected chi connectivity index (χ0v) is 12.8. The summed E-state index contributed by atoms with van der Waals surface area (Å²) in [5.74, 6) is 0. The van der Waals surface area contributed by atoms with Gasteiger partial charge in [-0.1, -0.05) is 0 Å². The summed E-state index contributed by atoms with van der Waals surface area (Å²) in [5, 5.41) is 10.7. The first-order valence-corrected chi connectivity index (χ1v) is 7.73. The predicted octanol–water partition coefficient (Wildman–Crippen LogP) is 1.04. The fraction of sp³-hybridized carbons (Fsp3) is 1.00. The van der Waals surface area contributed by atoms with Crippen molar-refractivity contribution in [3.05, 3.63) is 0 Å². The smallest absolute Gasteiger partial charge is 0.0701 e. The first-order chi connectivity index (χ1) is 9.64. The zero-order chi connectivity index (χ0) is 14.4. The molecule has 2 aliphatic rings. The normalized spacial score (nSPS) is 33.8. The van der Waals surface area contributed by atoms with Crippen LogP contribution < -0.4 is 0 Å². The molecule has 2 unspecified atom stereocenters. The highest BCUT2D eigenvalue weighted by atomic mass is 16.5. The third-order valence-electron chi connectivity index (χ3n) is 4.73. The molecular formula is C15H29NO4. The molecule has 0 saturated carbocycles. The molecule has 2 saturated heterocycles. The molecule has 0 spiro atoms. The summed E-state index contributed by atoms with van der Waals surface area (Å²) in [4.78, 5) is 2.44. The minimum atomic E-state index is -0.519. The van der Waals surface area contributed by atoms with Crippen molar-refractivity contribution in [3.8, 4) is 0 Å². The van der Waals surface area contributed by atoms with E-state index in [4.69, 9.17) is 14.2 Å². The van der Waals surface area contributed by atoms with E-state index in [0.717, 1.165) is 19.3 Å². The van der Waals surface area contributed by atoms with Crippen LogP contribution in [-0.2, 0) is 14.2 Å². The Bertz CT molecular complexity index is 273. The van der Waals surface area contributed by atoms with Crippen molar-refractivity contribution in [3.63, 3.8) is 0 Å². The van der Waals surface area contributed by atoms with E-state index in [1.165, 1.54) is 12.8 Å². The molecule has 5 heteroatoms. The largest absolute Gasteiger partial charge is 0.390 e. The molecule has 2 rings (SSSR count). The molecule has 20 heavy (non-hydrogen) atoms. The van der Waals surface area contributed by atoms with E-state index in [-0.39, 0.29) is 0 Å². The average Bonchev–Trinajstić information content (AvgIpc) is 2.64. The number of hydrogen-bond acceptors (Lipinski definition) is 5. The van der Waals surface area contributed by atoms with Gasteiger partial charge in [0.05, 0.1) is 32.0 Å². The molecule has 0 radical (unpaired) electrons. The number of nitrogens with zero attached hydrogens (tertiary/aromatic N) is 1. The lowest BCUT2D eigenvalue weighted by Crippen LogP contribution is -2.49. The number of ether oxygens (including phenoxy) is 3. The van der Waals surface area contributed by atoms with Gasteiger partial charge in [0.15, 0.2) is 0 Å². The molecule has 2 fully saturated rings. The lowest BCUT2D eigenvalue weighted by molar-refractivity contribution is -0.0680. The molecule has 2 heterocycles. The summed E-state index contributed by atoms with van der Waals surface area (Å²) in [6.07, 6.45) is 5.00. The maximum absolute atomic E-state index is 10.7. The van der Waals surface area contributed by atoms with Gasteiger partial charge in [-0.25, -0.2) is 0 Å². The van der Waals surface area contributed by atoms with Gasteiger partial charge in [0, 0.05) is 25.8 Å². The highest BCUT2D eigenvalue weighted by molar-refractivity contribution is 5.00. The predicted molar refractivity (Wildman–Crippen MR) is 76.9 cm³/mol. The maximum Gasteiger partial charge on any atom is 0.0701 e. The quantitative estimate of drug-likeness (QED) is 0.642. The first kappa shape index (κ1) is 16.2. The van der Waals surface area contributed by atoms with Crippen molar-refractivity contribution in [2.75, 3.05) is 47.2 Å². The van der Waals surface area contributed by atoms with Gasteiger partial charge in [0.25, 0.3) is 0 Å². The van der Waals surface area contributed by atoms with Gasteiger partial charge in [-0.3, -0.25) is 0 Å². The number of piperidine rings is 1. The molecule has 118 valence electrons. The average molecular weight is 287 g/mol. The van der Waals surface area contributed by atoms with Gasteiger partial charge >= 0.3 is 0 Å². The Labute approximate surface area is 122 Å². The number of methoxy groups -OCH3 is 1. The van der Waals surface area contributed by atoms with Gasteiger partial charge in [-0.2, -0.15) is 0 Å². The summed E-state index contributed by atoms with van der Waals surface area (Å²) < 4.78 is 15.8. The Kier molecular flexibility index (Phi) is 6.23. The van der Waals surface area contributed by atoms with Crippen LogP contribution in [0.1, 0.15) is 32.1 Å². The van der Waals surface area contributed by atoms with Gasteiger partial charge in [0.1, 0.15) is 0 Å². The maximum atomic E-state index is 10.7. The molecule has 0 aromatic carbocycles. The second kappa shape index (κ2) is 7.71. The topological polar surface area (TPSA) is 51.2 Å². The number of rotatable bonds is 9. The highest BCUT2D eigenvalue weighted by Crippen LogP contribution is 2.41. The molecular weight excluding hydrogens is 258 g/mol. The van der Waals surface area contributed by atoms with Crippen LogP contribution in [0.3, 0.4) is 0 Å². The third-order valence-corrected chi connectivity index (χ3v) is 4.73. The second-order valence-electron chi connectivity index (χ2n) is 6.15. The van der Waals surface area contributed by atoms with E-state index >= 15 is 0 Å². The van der Waals surface area contributed by atoms with Crippen molar-refractivity contribution < 1.29 is 19.3 Å². The lowest BCUT2D eigenvalue weighted by Gasteiger charge is -2.42. The Balaban J connectivity index is 1.55. The van der Waals surface area contributed by atoms with Crippen molar-refractivity contribution >= 4 is 0 Å². The zero-order valence-electron chi connectivity index (χ0n) is 12.8. The van der Waals surface area contributed by atoms with E-state index in [1.54, 1.807) is 7.11 Å². The molecule has 0 aromatic heterocycles. The van der Waals surface area contributed by atoms with Crippen LogP contribution in [0.25, 0.3) is 0 Å². The van der Waals surface area contributed by atoms with E-state index in [1.807, 2.05) is 0 Å². The SMILES string of the molecule is COCCOCCOCCC1(O)CC2CCC(C1)N2C. The molecule has 5 nitrogen and oxygen atoms in total. The highest BCUT2D eigenvalue weighted by Gasteiger charge is 2.45. The minimum absolute atomic E-state index is 0.519. The van der Waals surface area contributed by atoms with Crippen molar-refractivity contribution in [1.29, 1.82) is 0 Å². The minimum Gasteiger partial charge on any atom is -0.390 e. The molecule has 0 amide bonds. The van der Waals surface area contributed by atoms with Crippen LogP contribution in [0.15, 0.2) is 0 Å². The van der Waals surface area contributed by atoms with Gasteiger partial charge < -0.3 is 24.2 Å². The van der Waals surface area contributed by atoms with Crippen LogP contribution in [0.4, 0.5) is 0 Å². The van der Waals surface area contributed by atoms with E-state index in [9.17, 15) is 5.11 Å². The Morgan fingerprint density at radius 1 is 1.00 bits per heavy atom. The van der Waals surface area contributed by atoms with E-state index in [0.29, 0.717) is 45.1 Å². The Morgan fingerprint density at radius 3 is 2.15 bits per heavy atom. The fourth-order valence-corrected chi connectivity index (χ4v) is 3.47. The molecule has 1 N–H and O–H groups in total. The molecule has 0 aromatic rings. The van der Waals surface area contributed by atoms with Crippen LogP contribution in [0.2, 0.25) is 0 Å². The van der Waals surface area contributed by atoms with E-state index < -0.39 is 5.60 Å². The van der Waals surface area contributed by atoms with Crippen LogP contribution in [0.5, 0.6) is 0 Å². The Morgan fingerprint density at radius 2 is 1.55 bits per heavy atom. The van der Waals surface area contributed by atoms with E-state index in [2.05, 4.69) is 11.9 Å². The van der Waals surface area contributed by atoms with Crippen molar-refractivity contribution in [2.24, 2.45) is 0 Å². The van der Waals surface area contributed by atoms with Crippen LogP contribution >= 0.6 is 0 Å². The van der Waals surface area contributed by atoms with Crippen molar-refractivity contribution in [2.45, 2.75) is 49.8 Å². The summed E-state index contributed by atoms with van der Waals surface area (Å²) in [6, 6.07) is 1.13. The molecule has 2 bridgehead atoms. The van der Waals surface area contributed by atoms with Gasteiger partial charge in [-0.05, 0) is 39.2 Å².